The second-order valence-electron chi connectivity index (χ2n) is 10.3. The molecular formula is C34H46O9. The maximum atomic E-state index is 12.6. The molecule has 43 heavy (non-hydrogen) atoms. The number of rotatable bonds is 20. The highest BCUT2D eigenvalue weighted by atomic mass is 16.6. The van der Waals surface area contributed by atoms with Gasteiger partial charge in [-0.3, -0.25) is 9.59 Å². The van der Waals surface area contributed by atoms with Crippen LogP contribution in [0.3, 0.4) is 0 Å². The molecule has 0 spiro atoms. The van der Waals surface area contributed by atoms with E-state index < -0.39 is 6.10 Å². The molecule has 1 aliphatic heterocycles. The SMILES string of the molecule is CCCc1c(OCCCCCOC(Cc2cccc(OCCCC(=O)OCC)c2)C(=O)OCC)ccc2c1OCCC2=O. The predicted octanol–water partition coefficient (Wildman–Crippen LogP) is 6.07. The third-order valence-electron chi connectivity index (χ3n) is 6.93. The lowest BCUT2D eigenvalue weighted by Gasteiger charge is -2.22. The average Bonchev–Trinajstić information content (AvgIpc) is 3.00. The zero-order valence-electron chi connectivity index (χ0n) is 25.8. The van der Waals surface area contributed by atoms with Crippen LogP contribution in [0.15, 0.2) is 36.4 Å². The van der Waals surface area contributed by atoms with Gasteiger partial charge in [0, 0.05) is 31.4 Å². The Bertz CT molecular complexity index is 1180. The number of hydrogen-bond donors (Lipinski definition) is 0. The van der Waals surface area contributed by atoms with Crippen molar-refractivity contribution in [1.29, 1.82) is 0 Å². The van der Waals surface area contributed by atoms with Crippen molar-refractivity contribution < 1.29 is 42.8 Å². The minimum atomic E-state index is -0.718. The van der Waals surface area contributed by atoms with E-state index in [1.54, 1.807) is 13.8 Å². The summed E-state index contributed by atoms with van der Waals surface area (Å²) in [6.07, 6.45) is 5.12. The van der Waals surface area contributed by atoms with Gasteiger partial charge in [0.1, 0.15) is 17.2 Å². The molecule has 236 valence electrons. The van der Waals surface area contributed by atoms with E-state index in [2.05, 4.69) is 6.92 Å². The molecule has 2 aromatic rings. The molecule has 2 aromatic carbocycles. The first-order chi connectivity index (χ1) is 21.0. The van der Waals surface area contributed by atoms with Crippen molar-refractivity contribution in [3.05, 3.63) is 53.1 Å². The van der Waals surface area contributed by atoms with Crippen molar-refractivity contribution in [1.82, 2.24) is 0 Å². The highest BCUT2D eigenvalue weighted by Crippen LogP contribution is 2.36. The monoisotopic (exact) mass is 598 g/mol. The van der Waals surface area contributed by atoms with Crippen LogP contribution in [-0.2, 0) is 36.6 Å². The van der Waals surface area contributed by atoms with E-state index in [9.17, 15) is 14.4 Å². The summed E-state index contributed by atoms with van der Waals surface area (Å²) < 4.78 is 33.9. The van der Waals surface area contributed by atoms with Gasteiger partial charge in [-0.25, -0.2) is 4.79 Å². The van der Waals surface area contributed by atoms with Crippen LogP contribution >= 0.6 is 0 Å². The van der Waals surface area contributed by atoms with E-state index in [0.29, 0.717) is 75.8 Å². The van der Waals surface area contributed by atoms with E-state index in [-0.39, 0.29) is 24.3 Å². The first-order valence-electron chi connectivity index (χ1n) is 15.6. The Morgan fingerprint density at radius 2 is 1.70 bits per heavy atom. The van der Waals surface area contributed by atoms with E-state index in [0.717, 1.165) is 49.0 Å². The first-order valence-corrected chi connectivity index (χ1v) is 15.6. The minimum absolute atomic E-state index is 0.120. The number of fused-ring (bicyclic) bond motifs is 1. The highest BCUT2D eigenvalue weighted by molar-refractivity contribution is 6.00. The Labute approximate surface area is 255 Å². The summed E-state index contributed by atoms with van der Waals surface area (Å²) in [4.78, 5) is 36.4. The Hall–Kier alpha value is -3.59. The molecule has 3 rings (SSSR count). The number of benzene rings is 2. The molecule has 1 heterocycles. The van der Waals surface area contributed by atoms with Crippen LogP contribution in [0.5, 0.6) is 17.2 Å². The average molecular weight is 599 g/mol. The molecule has 0 N–H and O–H groups in total. The Kier molecular flexibility index (Phi) is 14.9. The van der Waals surface area contributed by atoms with Crippen LogP contribution in [-0.4, -0.2) is 63.5 Å². The molecule has 0 saturated heterocycles. The Balaban J connectivity index is 1.43. The molecule has 0 aromatic heterocycles. The van der Waals surface area contributed by atoms with Gasteiger partial charge in [0.25, 0.3) is 0 Å². The van der Waals surface area contributed by atoms with Gasteiger partial charge in [0.05, 0.1) is 38.6 Å². The predicted molar refractivity (Wildman–Crippen MR) is 162 cm³/mol. The normalized spacial score (nSPS) is 13.0. The summed E-state index contributed by atoms with van der Waals surface area (Å²) in [5, 5.41) is 0. The van der Waals surface area contributed by atoms with Crippen molar-refractivity contribution in [2.45, 2.75) is 84.7 Å². The molecule has 0 fully saturated rings. The molecule has 1 aliphatic rings. The summed E-state index contributed by atoms with van der Waals surface area (Å²) in [7, 11) is 0. The molecule has 0 amide bonds. The van der Waals surface area contributed by atoms with Gasteiger partial charge in [-0.2, -0.15) is 0 Å². The summed E-state index contributed by atoms with van der Waals surface area (Å²) in [6, 6.07) is 11.2. The molecule has 1 unspecified atom stereocenters. The van der Waals surface area contributed by atoms with Crippen molar-refractivity contribution in [3.8, 4) is 17.2 Å². The van der Waals surface area contributed by atoms with Crippen LogP contribution in [0.25, 0.3) is 0 Å². The van der Waals surface area contributed by atoms with Gasteiger partial charge in [-0.15, -0.1) is 0 Å². The molecule has 9 nitrogen and oxygen atoms in total. The van der Waals surface area contributed by atoms with Crippen molar-refractivity contribution in [2.75, 3.05) is 39.6 Å². The third kappa shape index (κ3) is 11.2. The molecule has 0 saturated carbocycles. The number of ketones is 1. The largest absolute Gasteiger partial charge is 0.494 e. The fourth-order valence-electron chi connectivity index (χ4n) is 4.85. The molecule has 0 radical (unpaired) electrons. The number of carbonyl (C=O) groups is 3. The summed E-state index contributed by atoms with van der Waals surface area (Å²) in [5.74, 6) is 1.63. The number of carbonyl (C=O) groups excluding carboxylic acids is 3. The lowest BCUT2D eigenvalue weighted by atomic mass is 9.98. The number of hydrogen-bond acceptors (Lipinski definition) is 9. The van der Waals surface area contributed by atoms with E-state index >= 15 is 0 Å². The number of Topliss-reactive ketones (excluding diaryl/α,β-unsaturated/α-hetero) is 1. The van der Waals surface area contributed by atoms with Gasteiger partial charge in [0.2, 0.25) is 0 Å². The van der Waals surface area contributed by atoms with Gasteiger partial charge < -0.3 is 28.4 Å². The van der Waals surface area contributed by atoms with Crippen LogP contribution in [0.4, 0.5) is 0 Å². The van der Waals surface area contributed by atoms with Crippen LogP contribution < -0.4 is 14.2 Å². The number of unbranched alkanes of at least 4 members (excludes halogenated alkanes) is 2. The van der Waals surface area contributed by atoms with E-state index in [4.69, 9.17) is 28.4 Å². The second-order valence-corrected chi connectivity index (χ2v) is 10.3. The number of esters is 2. The van der Waals surface area contributed by atoms with E-state index in [1.807, 2.05) is 36.4 Å². The maximum Gasteiger partial charge on any atom is 0.335 e. The zero-order valence-corrected chi connectivity index (χ0v) is 25.8. The zero-order chi connectivity index (χ0) is 30.9. The van der Waals surface area contributed by atoms with Crippen LogP contribution in [0, 0.1) is 0 Å². The fraction of sp³-hybridized carbons (Fsp3) is 0.559. The quantitative estimate of drug-likeness (QED) is 0.133. The van der Waals surface area contributed by atoms with Gasteiger partial charge in [-0.05, 0) is 75.8 Å². The second kappa shape index (κ2) is 18.8. The smallest absolute Gasteiger partial charge is 0.335 e. The Morgan fingerprint density at radius 1 is 0.907 bits per heavy atom. The van der Waals surface area contributed by atoms with Crippen LogP contribution in [0.2, 0.25) is 0 Å². The van der Waals surface area contributed by atoms with Crippen LogP contribution in [0.1, 0.15) is 87.2 Å². The minimum Gasteiger partial charge on any atom is -0.494 e. The molecule has 0 aliphatic carbocycles. The van der Waals surface area contributed by atoms with Crippen molar-refractivity contribution in [3.63, 3.8) is 0 Å². The number of ether oxygens (including phenoxy) is 6. The summed E-state index contributed by atoms with van der Waals surface area (Å²) in [6.45, 7) is 8.07. The molecule has 1 atom stereocenters. The highest BCUT2D eigenvalue weighted by Gasteiger charge is 2.24. The molecular weight excluding hydrogens is 552 g/mol. The topological polar surface area (TPSA) is 107 Å². The van der Waals surface area contributed by atoms with E-state index in [1.165, 1.54) is 0 Å². The van der Waals surface area contributed by atoms with Gasteiger partial charge in [-0.1, -0.05) is 25.5 Å². The van der Waals surface area contributed by atoms with Gasteiger partial charge in [0.15, 0.2) is 11.9 Å². The van der Waals surface area contributed by atoms with Crippen molar-refractivity contribution >= 4 is 17.7 Å². The summed E-state index contributed by atoms with van der Waals surface area (Å²) in [5.41, 5.74) is 2.52. The Morgan fingerprint density at radius 3 is 2.49 bits per heavy atom. The third-order valence-corrected chi connectivity index (χ3v) is 6.93. The standard InChI is InChI=1S/C34H46O9/c1-4-12-28-30(17-16-27-29(35)18-22-43-33(27)28)41-19-8-7-9-20-42-31(34(37)39-6-3)24-25-13-10-14-26(23-25)40-21-11-15-32(36)38-5-2/h10,13-14,16-17,23,31H,4-9,11-12,15,18-22,24H2,1-3H3. The van der Waals surface area contributed by atoms with Gasteiger partial charge >= 0.3 is 11.9 Å². The molecule has 9 heteroatoms. The first kappa shape index (κ1) is 33.9. The summed E-state index contributed by atoms with van der Waals surface area (Å²) >= 11 is 0. The molecule has 0 bridgehead atoms. The van der Waals surface area contributed by atoms with Crippen molar-refractivity contribution in [2.24, 2.45) is 0 Å². The lowest BCUT2D eigenvalue weighted by molar-refractivity contribution is -0.156. The maximum absolute atomic E-state index is 12.6. The lowest BCUT2D eigenvalue weighted by Crippen LogP contribution is -2.29. The fourth-order valence-corrected chi connectivity index (χ4v) is 4.85.